The lowest BCUT2D eigenvalue weighted by atomic mass is 10.2. The van der Waals surface area contributed by atoms with Gasteiger partial charge in [0.15, 0.2) is 5.17 Å². The average Bonchev–Trinajstić information content (AvgIpc) is 2.75. The van der Waals surface area contributed by atoms with Crippen LogP contribution in [-0.2, 0) is 9.59 Å². The van der Waals surface area contributed by atoms with Crippen LogP contribution in [0.25, 0.3) is 0 Å². The predicted molar refractivity (Wildman–Crippen MR) is 124 cm³/mol. The topological polar surface area (TPSA) is 61.8 Å². The maximum atomic E-state index is 13.0. The highest BCUT2D eigenvalue weighted by atomic mass is 35.5. The van der Waals surface area contributed by atoms with Crippen molar-refractivity contribution in [3.63, 3.8) is 0 Å². The molecule has 5 nitrogen and oxygen atoms in total. The second-order valence-electron chi connectivity index (χ2n) is 6.60. The second-order valence-corrected chi connectivity index (χ2v) is 8.21. The van der Waals surface area contributed by atoms with Gasteiger partial charge in [0.05, 0.1) is 11.4 Å². The summed E-state index contributed by atoms with van der Waals surface area (Å²) in [6.07, 6.45) is 0.0692. The Kier molecular flexibility index (Phi) is 6.16. The Morgan fingerprint density at radius 3 is 2.40 bits per heavy atom. The molecule has 7 heteroatoms. The third-order valence-corrected chi connectivity index (χ3v) is 5.81. The SMILES string of the molecule is O=C(Nc1cccc(Cl)c1)C1CC(=O)N(c2ccccc2)C(=Nc2ccccc2)S1. The van der Waals surface area contributed by atoms with Gasteiger partial charge in [0.1, 0.15) is 5.25 Å². The molecule has 0 bridgehead atoms. The first-order chi connectivity index (χ1) is 14.6. The van der Waals surface area contributed by atoms with Crippen LogP contribution in [-0.4, -0.2) is 22.2 Å². The molecule has 2 amide bonds. The van der Waals surface area contributed by atoms with E-state index in [9.17, 15) is 9.59 Å². The number of nitrogens with one attached hydrogen (secondary N) is 1. The van der Waals surface area contributed by atoms with E-state index in [0.29, 0.717) is 21.6 Å². The summed E-state index contributed by atoms with van der Waals surface area (Å²) in [7, 11) is 0. The molecule has 0 saturated carbocycles. The largest absolute Gasteiger partial charge is 0.325 e. The van der Waals surface area contributed by atoms with Crippen molar-refractivity contribution in [1.82, 2.24) is 0 Å². The predicted octanol–water partition coefficient (Wildman–Crippen LogP) is 5.50. The summed E-state index contributed by atoms with van der Waals surface area (Å²) in [6, 6.07) is 25.6. The molecule has 0 aromatic heterocycles. The molecule has 150 valence electrons. The van der Waals surface area contributed by atoms with E-state index >= 15 is 0 Å². The molecule has 0 radical (unpaired) electrons. The van der Waals surface area contributed by atoms with Crippen molar-refractivity contribution in [2.75, 3.05) is 10.2 Å². The van der Waals surface area contributed by atoms with Crippen LogP contribution in [0, 0.1) is 0 Å². The summed E-state index contributed by atoms with van der Waals surface area (Å²) in [4.78, 5) is 32.1. The number of nitrogens with zero attached hydrogens (tertiary/aromatic N) is 2. The summed E-state index contributed by atoms with van der Waals surface area (Å²) >= 11 is 7.28. The van der Waals surface area contributed by atoms with Crippen LogP contribution in [0.1, 0.15) is 6.42 Å². The van der Waals surface area contributed by atoms with E-state index < -0.39 is 5.25 Å². The van der Waals surface area contributed by atoms with Crippen molar-refractivity contribution in [1.29, 1.82) is 0 Å². The van der Waals surface area contributed by atoms with Crippen molar-refractivity contribution in [2.24, 2.45) is 4.99 Å². The molecule has 0 aliphatic carbocycles. The van der Waals surface area contributed by atoms with Crippen LogP contribution in [0.2, 0.25) is 5.02 Å². The molecule has 1 fully saturated rings. The number of benzene rings is 3. The van der Waals surface area contributed by atoms with Gasteiger partial charge in [0.25, 0.3) is 0 Å². The van der Waals surface area contributed by atoms with Crippen LogP contribution in [0.5, 0.6) is 0 Å². The fraction of sp³-hybridized carbons (Fsp3) is 0.0870. The molecule has 3 aromatic carbocycles. The Labute approximate surface area is 183 Å². The van der Waals surface area contributed by atoms with Crippen LogP contribution in [0.3, 0.4) is 0 Å². The van der Waals surface area contributed by atoms with E-state index in [1.807, 2.05) is 60.7 Å². The Morgan fingerprint density at radius 2 is 1.70 bits per heavy atom. The first-order valence-corrected chi connectivity index (χ1v) is 10.6. The first kappa shape index (κ1) is 20.2. The number of anilines is 2. The fourth-order valence-corrected chi connectivity index (χ4v) is 4.34. The van der Waals surface area contributed by atoms with E-state index in [1.165, 1.54) is 11.8 Å². The van der Waals surface area contributed by atoms with Crippen LogP contribution >= 0.6 is 23.4 Å². The molecular formula is C23H18ClN3O2S. The van der Waals surface area contributed by atoms with Crippen molar-refractivity contribution < 1.29 is 9.59 Å². The number of aliphatic imine (C=N–C) groups is 1. The smallest absolute Gasteiger partial charge is 0.238 e. The number of carbonyl (C=O) groups excluding carboxylic acids is 2. The van der Waals surface area contributed by atoms with Gasteiger partial charge in [-0.15, -0.1) is 0 Å². The van der Waals surface area contributed by atoms with E-state index in [2.05, 4.69) is 10.3 Å². The molecule has 1 unspecified atom stereocenters. The third-order valence-electron chi connectivity index (χ3n) is 4.43. The molecule has 1 saturated heterocycles. The zero-order valence-electron chi connectivity index (χ0n) is 15.9. The summed E-state index contributed by atoms with van der Waals surface area (Å²) in [5, 5.41) is 3.24. The summed E-state index contributed by atoms with van der Waals surface area (Å²) in [5.41, 5.74) is 2.02. The van der Waals surface area contributed by atoms with Crippen LogP contribution < -0.4 is 10.2 Å². The van der Waals surface area contributed by atoms with Crippen LogP contribution in [0.15, 0.2) is 89.9 Å². The Balaban J connectivity index is 1.63. The molecule has 1 atom stereocenters. The van der Waals surface area contributed by atoms with Gasteiger partial charge in [-0.05, 0) is 42.5 Å². The highest BCUT2D eigenvalue weighted by Crippen LogP contribution is 2.33. The Bertz CT molecular complexity index is 1090. The normalized spacial score (nSPS) is 17.8. The molecule has 30 heavy (non-hydrogen) atoms. The highest BCUT2D eigenvalue weighted by molar-refractivity contribution is 8.15. The standard InChI is InChI=1S/C23H18ClN3O2S/c24-16-8-7-11-18(14-16)25-22(29)20-15-21(28)27(19-12-5-2-6-13-19)23(30-20)26-17-9-3-1-4-10-17/h1-14,20H,15H2,(H,25,29). The second kappa shape index (κ2) is 9.15. The van der Waals surface area contributed by atoms with Gasteiger partial charge in [-0.2, -0.15) is 0 Å². The van der Waals surface area contributed by atoms with Gasteiger partial charge >= 0.3 is 0 Å². The fourth-order valence-electron chi connectivity index (χ4n) is 3.03. The van der Waals surface area contributed by atoms with Gasteiger partial charge in [-0.1, -0.05) is 65.8 Å². The molecule has 1 N–H and O–H groups in total. The maximum absolute atomic E-state index is 13.0. The van der Waals surface area contributed by atoms with Gasteiger partial charge < -0.3 is 5.32 Å². The minimum absolute atomic E-state index is 0.0692. The number of halogens is 1. The van der Waals surface area contributed by atoms with Crippen molar-refractivity contribution in [2.45, 2.75) is 11.7 Å². The van der Waals surface area contributed by atoms with E-state index in [4.69, 9.17) is 11.6 Å². The lowest BCUT2D eigenvalue weighted by molar-refractivity contribution is -0.121. The third kappa shape index (κ3) is 4.72. The van der Waals surface area contributed by atoms with Crippen molar-refractivity contribution >= 4 is 57.4 Å². The summed E-state index contributed by atoms with van der Waals surface area (Å²) < 4.78 is 0. The number of hydrogen-bond donors (Lipinski definition) is 1. The average molecular weight is 436 g/mol. The number of hydrogen-bond acceptors (Lipinski definition) is 4. The van der Waals surface area contributed by atoms with E-state index in [-0.39, 0.29) is 18.2 Å². The van der Waals surface area contributed by atoms with Gasteiger partial charge in [0, 0.05) is 17.1 Å². The van der Waals surface area contributed by atoms with E-state index in [1.54, 1.807) is 29.2 Å². The van der Waals surface area contributed by atoms with Gasteiger partial charge in [-0.25, -0.2) is 4.99 Å². The number of carbonyl (C=O) groups is 2. The maximum Gasteiger partial charge on any atom is 0.238 e. The number of para-hydroxylation sites is 2. The van der Waals surface area contributed by atoms with E-state index in [0.717, 1.165) is 5.69 Å². The van der Waals surface area contributed by atoms with Crippen LogP contribution in [0.4, 0.5) is 17.1 Å². The molecule has 4 rings (SSSR count). The Hall–Kier alpha value is -3.09. The number of thioether (sulfide) groups is 1. The molecule has 3 aromatic rings. The Morgan fingerprint density at radius 1 is 1.00 bits per heavy atom. The molecule has 0 spiro atoms. The van der Waals surface area contributed by atoms with Gasteiger partial charge in [0.2, 0.25) is 11.8 Å². The summed E-state index contributed by atoms with van der Waals surface area (Å²) in [6.45, 7) is 0. The number of amides is 2. The molecule has 1 aliphatic heterocycles. The quantitative estimate of drug-likeness (QED) is 0.588. The minimum Gasteiger partial charge on any atom is -0.325 e. The summed E-state index contributed by atoms with van der Waals surface area (Å²) in [5.74, 6) is -0.440. The zero-order valence-corrected chi connectivity index (χ0v) is 17.4. The van der Waals surface area contributed by atoms with Crippen molar-refractivity contribution in [3.05, 3.63) is 90.0 Å². The molecule has 1 aliphatic rings. The number of rotatable bonds is 4. The lowest BCUT2D eigenvalue weighted by Crippen LogP contribution is -2.45. The number of amidine groups is 1. The minimum atomic E-state index is -0.598. The zero-order chi connectivity index (χ0) is 20.9. The molecular weight excluding hydrogens is 418 g/mol. The monoisotopic (exact) mass is 435 g/mol. The van der Waals surface area contributed by atoms with Crippen molar-refractivity contribution in [3.8, 4) is 0 Å². The highest BCUT2D eigenvalue weighted by Gasteiger charge is 2.36. The first-order valence-electron chi connectivity index (χ1n) is 9.35. The van der Waals surface area contributed by atoms with Gasteiger partial charge in [-0.3, -0.25) is 14.5 Å². The molecule has 1 heterocycles. The lowest BCUT2D eigenvalue weighted by Gasteiger charge is -2.31.